The van der Waals surface area contributed by atoms with Gasteiger partial charge < -0.3 is 15.0 Å². The van der Waals surface area contributed by atoms with Gasteiger partial charge in [-0.2, -0.15) is 0 Å². The summed E-state index contributed by atoms with van der Waals surface area (Å²) in [5.41, 5.74) is 4.17. The Kier molecular flexibility index (Phi) is 5.72. The predicted molar refractivity (Wildman–Crippen MR) is 118 cm³/mol. The van der Waals surface area contributed by atoms with E-state index in [0.29, 0.717) is 6.54 Å². The lowest BCUT2D eigenvalue weighted by Gasteiger charge is -2.07. The van der Waals surface area contributed by atoms with Crippen molar-refractivity contribution in [3.63, 3.8) is 0 Å². The van der Waals surface area contributed by atoms with Crippen LogP contribution < -0.4 is 10.1 Å². The number of thiazole rings is 1. The normalized spacial score (nSPS) is 11.2. The minimum atomic E-state index is -0.117. The number of nitrogens with one attached hydrogen (secondary N) is 2. The van der Waals surface area contributed by atoms with Gasteiger partial charge in [0.05, 0.1) is 12.6 Å². The van der Waals surface area contributed by atoms with Gasteiger partial charge in [0, 0.05) is 46.9 Å². The van der Waals surface area contributed by atoms with Crippen LogP contribution in [-0.4, -0.2) is 29.5 Å². The number of aromatic nitrogens is 2. The molecule has 0 aliphatic heterocycles. The van der Waals surface area contributed by atoms with Crippen LogP contribution in [0.3, 0.4) is 0 Å². The highest BCUT2D eigenvalue weighted by Gasteiger charge is 2.08. The number of hydrogen-bond donors (Lipinski definition) is 2. The average molecular weight is 404 g/mol. The highest BCUT2D eigenvalue weighted by molar-refractivity contribution is 7.13. The smallest absolute Gasteiger partial charge is 0.244 e. The zero-order valence-corrected chi connectivity index (χ0v) is 16.8. The monoisotopic (exact) mass is 403 g/mol. The minimum Gasteiger partial charge on any atom is -0.495 e. The Morgan fingerprint density at radius 2 is 2.14 bits per heavy atom. The van der Waals surface area contributed by atoms with Crippen molar-refractivity contribution in [2.45, 2.75) is 6.42 Å². The fraction of sp³-hybridized carbons (Fsp3) is 0.130. The van der Waals surface area contributed by atoms with E-state index in [1.165, 1.54) is 5.56 Å². The molecular formula is C23H21N3O2S. The minimum absolute atomic E-state index is 0.117. The molecule has 0 bridgehead atoms. The van der Waals surface area contributed by atoms with Crippen molar-refractivity contribution in [1.82, 2.24) is 15.3 Å². The lowest BCUT2D eigenvalue weighted by Crippen LogP contribution is -2.23. The molecule has 29 heavy (non-hydrogen) atoms. The molecule has 2 aromatic heterocycles. The number of methoxy groups -OCH3 is 1. The van der Waals surface area contributed by atoms with E-state index < -0.39 is 0 Å². The molecule has 0 spiro atoms. The number of carbonyl (C=O) groups excluding carboxylic acids is 1. The highest BCUT2D eigenvalue weighted by atomic mass is 32.1. The molecule has 2 aromatic carbocycles. The fourth-order valence-corrected chi connectivity index (χ4v) is 4.00. The number of benzene rings is 2. The third kappa shape index (κ3) is 4.22. The Bertz CT molecular complexity index is 1150. The molecule has 1 amide bonds. The van der Waals surface area contributed by atoms with E-state index in [1.807, 2.05) is 54.2 Å². The highest BCUT2D eigenvalue weighted by Crippen LogP contribution is 2.28. The third-order valence-corrected chi connectivity index (χ3v) is 5.52. The Morgan fingerprint density at radius 1 is 1.24 bits per heavy atom. The second kappa shape index (κ2) is 8.75. The van der Waals surface area contributed by atoms with Gasteiger partial charge in [-0.05, 0) is 24.1 Å². The number of ether oxygens (including phenoxy) is 1. The Labute approximate surface area is 173 Å². The summed E-state index contributed by atoms with van der Waals surface area (Å²) in [6.45, 7) is 0.563. The second-order valence-corrected chi connectivity index (χ2v) is 7.39. The van der Waals surface area contributed by atoms with Crippen LogP contribution in [0, 0.1) is 0 Å². The van der Waals surface area contributed by atoms with E-state index in [9.17, 15) is 4.79 Å². The van der Waals surface area contributed by atoms with Gasteiger partial charge in [0.15, 0.2) is 0 Å². The summed E-state index contributed by atoms with van der Waals surface area (Å²) >= 11 is 1.62. The number of rotatable bonds is 7. The van der Waals surface area contributed by atoms with E-state index in [2.05, 4.69) is 27.4 Å². The van der Waals surface area contributed by atoms with Crippen LogP contribution >= 0.6 is 11.3 Å². The largest absolute Gasteiger partial charge is 0.495 e. The second-order valence-electron chi connectivity index (χ2n) is 6.50. The number of fused-ring (bicyclic) bond motifs is 1. The molecule has 6 heteroatoms. The molecule has 4 rings (SSSR count). The molecule has 4 aromatic rings. The van der Waals surface area contributed by atoms with Gasteiger partial charge in [-0.1, -0.05) is 36.4 Å². The molecule has 2 N–H and O–H groups in total. The van der Waals surface area contributed by atoms with Crippen molar-refractivity contribution >= 4 is 34.2 Å². The molecule has 0 saturated carbocycles. The van der Waals surface area contributed by atoms with Crippen molar-refractivity contribution < 1.29 is 9.53 Å². The molecule has 146 valence electrons. The van der Waals surface area contributed by atoms with E-state index in [-0.39, 0.29) is 5.91 Å². The molecule has 2 heterocycles. The van der Waals surface area contributed by atoms with E-state index in [4.69, 9.17) is 4.74 Å². The lowest BCUT2D eigenvalue weighted by atomic mass is 10.1. The summed E-state index contributed by atoms with van der Waals surface area (Å²) in [5.74, 6) is 0.666. The summed E-state index contributed by atoms with van der Waals surface area (Å²) in [4.78, 5) is 19.9. The molecule has 0 saturated heterocycles. The Balaban J connectivity index is 1.38. The van der Waals surface area contributed by atoms with Crippen LogP contribution in [0.4, 0.5) is 0 Å². The Hall–Kier alpha value is -3.38. The first-order valence-electron chi connectivity index (χ1n) is 9.34. The predicted octanol–water partition coefficient (Wildman–Crippen LogP) is 4.67. The number of para-hydroxylation sites is 1. The number of H-pyrrole nitrogens is 1. The molecule has 0 aliphatic rings. The standard InChI is InChI=1S/C23H21N3O2S/c1-28-20-8-4-7-18-17(15-26-22(18)20)9-10-21(27)24-12-11-16-5-2-3-6-19(16)23-25-13-14-29-23/h2-10,13-15,26H,11-12H2,1H3,(H,24,27)/b10-9+. The molecule has 0 unspecified atom stereocenters. The van der Waals surface area contributed by atoms with Crippen LogP contribution in [0.2, 0.25) is 0 Å². The summed E-state index contributed by atoms with van der Waals surface area (Å²) in [6, 6.07) is 14.0. The third-order valence-electron chi connectivity index (χ3n) is 4.72. The maximum absolute atomic E-state index is 12.3. The average Bonchev–Trinajstić information content (AvgIpc) is 3.42. The molecule has 0 radical (unpaired) electrons. The topological polar surface area (TPSA) is 67.0 Å². The SMILES string of the molecule is COc1cccc2c(/C=C/C(=O)NCCc3ccccc3-c3nccs3)c[nH]c12. The summed E-state index contributed by atoms with van der Waals surface area (Å²) in [7, 11) is 1.64. The van der Waals surface area contributed by atoms with Crippen molar-refractivity contribution in [3.8, 4) is 16.3 Å². The summed E-state index contributed by atoms with van der Waals surface area (Å²) < 4.78 is 5.36. The molecule has 0 atom stereocenters. The molecule has 0 fully saturated rings. The molecular weight excluding hydrogens is 382 g/mol. The number of aromatic amines is 1. The van der Waals surface area contributed by atoms with Crippen molar-refractivity contribution in [3.05, 3.63) is 77.4 Å². The van der Waals surface area contributed by atoms with E-state index in [1.54, 1.807) is 24.5 Å². The summed E-state index contributed by atoms with van der Waals surface area (Å²) in [5, 5.41) is 6.95. The van der Waals surface area contributed by atoms with Gasteiger partial charge in [-0.25, -0.2) is 4.98 Å². The lowest BCUT2D eigenvalue weighted by molar-refractivity contribution is -0.116. The maximum atomic E-state index is 12.3. The van der Waals surface area contributed by atoms with Gasteiger partial charge in [0.2, 0.25) is 5.91 Å². The fourth-order valence-electron chi connectivity index (χ4n) is 3.30. The van der Waals surface area contributed by atoms with Crippen LogP contribution in [0.1, 0.15) is 11.1 Å². The van der Waals surface area contributed by atoms with Crippen molar-refractivity contribution in [2.75, 3.05) is 13.7 Å². The molecule has 0 aliphatic carbocycles. The van der Waals surface area contributed by atoms with Crippen LogP contribution in [-0.2, 0) is 11.2 Å². The zero-order chi connectivity index (χ0) is 20.1. The van der Waals surface area contributed by atoms with Crippen LogP contribution in [0.15, 0.2) is 66.3 Å². The van der Waals surface area contributed by atoms with E-state index in [0.717, 1.165) is 39.2 Å². The first-order valence-corrected chi connectivity index (χ1v) is 10.2. The van der Waals surface area contributed by atoms with Gasteiger partial charge >= 0.3 is 0 Å². The first kappa shape index (κ1) is 19.0. The van der Waals surface area contributed by atoms with Gasteiger partial charge in [-0.15, -0.1) is 11.3 Å². The number of amides is 1. The number of nitrogens with zero attached hydrogens (tertiary/aromatic N) is 1. The molecule has 5 nitrogen and oxygen atoms in total. The van der Waals surface area contributed by atoms with Gasteiger partial charge in [-0.3, -0.25) is 4.79 Å². The van der Waals surface area contributed by atoms with Gasteiger partial charge in [0.25, 0.3) is 0 Å². The number of hydrogen-bond acceptors (Lipinski definition) is 4. The quantitative estimate of drug-likeness (QED) is 0.441. The maximum Gasteiger partial charge on any atom is 0.244 e. The van der Waals surface area contributed by atoms with E-state index >= 15 is 0 Å². The van der Waals surface area contributed by atoms with Crippen LogP contribution in [0.5, 0.6) is 5.75 Å². The summed E-state index contributed by atoms with van der Waals surface area (Å²) in [6.07, 6.45) is 7.82. The van der Waals surface area contributed by atoms with Crippen molar-refractivity contribution in [1.29, 1.82) is 0 Å². The number of carbonyl (C=O) groups is 1. The van der Waals surface area contributed by atoms with Crippen molar-refractivity contribution in [2.24, 2.45) is 0 Å². The Morgan fingerprint density at radius 3 is 2.97 bits per heavy atom. The first-order chi connectivity index (χ1) is 14.3. The van der Waals surface area contributed by atoms with Gasteiger partial charge in [0.1, 0.15) is 10.8 Å². The zero-order valence-electron chi connectivity index (χ0n) is 16.0. The van der Waals surface area contributed by atoms with Crippen LogP contribution in [0.25, 0.3) is 27.6 Å².